The summed E-state index contributed by atoms with van der Waals surface area (Å²) in [5.41, 5.74) is 8.47. The number of rotatable bonds is 10. The van der Waals surface area contributed by atoms with Crippen LogP contribution in [0.4, 0.5) is 5.82 Å². The number of fused-ring (bicyclic) bond motifs is 1. The van der Waals surface area contributed by atoms with Crippen LogP contribution in [0.1, 0.15) is 38.2 Å². The van der Waals surface area contributed by atoms with Gasteiger partial charge in [0.15, 0.2) is 5.82 Å². The van der Waals surface area contributed by atoms with Crippen molar-refractivity contribution in [2.45, 2.75) is 46.8 Å². The van der Waals surface area contributed by atoms with Gasteiger partial charge in [0.05, 0.1) is 11.3 Å². The van der Waals surface area contributed by atoms with Gasteiger partial charge in [-0.1, -0.05) is 0 Å². The number of sulfonamides is 1. The van der Waals surface area contributed by atoms with Gasteiger partial charge in [-0.05, 0) is 39.7 Å². The second-order valence-corrected chi connectivity index (χ2v) is 7.93. The Labute approximate surface area is 148 Å². The molecule has 0 aliphatic heterocycles. The number of nitrogens with zero attached hydrogens (tertiary/aromatic N) is 3. The third-order valence-electron chi connectivity index (χ3n) is 3.92. The molecule has 25 heavy (non-hydrogen) atoms. The van der Waals surface area contributed by atoms with E-state index in [1.165, 1.54) is 0 Å². The van der Waals surface area contributed by atoms with Crippen LogP contribution in [0.2, 0.25) is 0 Å². The van der Waals surface area contributed by atoms with Gasteiger partial charge >= 0.3 is 0 Å². The number of hydrogen-bond donors (Lipinski definition) is 2. The highest BCUT2D eigenvalue weighted by molar-refractivity contribution is 7.89. The molecule has 0 bridgehead atoms. The minimum absolute atomic E-state index is 0.100. The van der Waals surface area contributed by atoms with Gasteiger partial charge in [0.1, 0.15) is 17.9 Å². The van der Waals surface area contributed by atoms with Crippen LogP contribution in [-0.2, 0) is 27.9 Å². The Balaban J connectivity index is 2.12. The smallest absolute Gasteiger partial charge is 0.211 e. The molecule has 0 saturated carbocycles. The third kappa shape index (κ3) is 5.13. The predicted molar refractivity (Wildman–Crippen MR) is 98.7 cm³/mol. The van der Waals surface area contributed by atoms with E-state index in [0.717, 1.165) is 36.4 Å². The second-order valence-electron chi connectivity index (χ2n) is 5.84. The number of unbranched alkanes of at least 4 members (excludes halogenated alkanes) is 1. The lowest BCUT2D eigenvalue weighted by Gasteiger charge is -2.10. The van der Waals surface area contributed by atoms with E-state index in [1.54, 1.807) is 6.92 Å². The van der Waals surface area contributed by atoms with E-state index in [1.807, 2.05) is 19.9 Å². The highest BCUT2D eigenvalue weighted by atomic mass is 32.2. The SMILES string of the molecule is CCOCc1nc2c(N)nc(C)cc2n1CCCCNS(=O)(=O)CC. The Hall–Kier alpha value is -1.71. The standard InChI is InChI=1S/C16H27N5O3S/c1-4-24-11-14-20-15-13(10-12(3)19-16(15)17)21(14)9-7-6-8-18-25(22,23)5-2/h10,18H,4-9,11H2,1-3H3,(H2,17,19). The monoisotopic (exact) mass is 369 g/mol. The molecule has 0 aromatic carbocycles. The predicted octanol–water partition coefficient (Wildman–Crippen LogP) is 1.58. The van der Waals surface area contributed by atoms with E-state index in [0.29, 0.717) is 31.1 Å². The van der Waals surface area contributed by atoms with Crippen molar-refractivity contribution >= 4 is 26.9 Å². The molecule has 2 rings (SSSR count). The fourth-order valence-electron chi connectivity index (χ4n) is 2.60. The molecule has 0 spiro atoms. The zero-order valence-corrected chi connectivity index (χ0v) is 15.9. The lowest BCUT2D eigenvalue weighted by molar-refractivity contribution is 0.126. The molecule has 0 fully saturated rings. The number of pyridine rings is 1. The van der Waals surface area contributed by atoms with Gasteiger partial charge in [0, 0.05) is 25.4 Å². The van der Waals surface area contributed by atoms with Gasteiger partial charge in [0.25, 0.3) is 0 Å². The number of anilines is 1. The molecule has 0 aliphatic carbocycles. The minimum Gasteiger partial charge on any atom is -0.382 e. The topological polar surface area (TPSA) is 112 Å². The summed E-state index contributed by atoms with van der Waals surface area (Å²) in [5.74, 6) is 1.33. The van der Waals surface area contributed by atoms with Gasteiger partial charge in [-0.3, -0.25) is 0 Å². The van der Waals surface area contributed by atoms with Crippen LogP contribution < -0.4 is 10.5 Å². The van der Waals surface area contributed by atoms with Gasteiger partial charge in [-0.25, -0.2) is 23.1 Å². The van der Waals surface area contributed by atoms with Gasteiger partial charge in [-0.15, -0.1) is 0 Å². The van der Waals surface area contributed by atoms with Crippen LogP contribution in [0.3, 0.4) is 0 Å². The molecule has 2 aromatic rings. The average molecular weight is 369 g/mol. The van der Waals surface area contributed by atoms with E-state index >= 15 is 0 Å². The molecule has 3 N–H and O–H groups in total. The number of aromatic nitrogens is 3. The first kappa shape index (κ1) is 19.6. The molecule has 0 amide bonds. The second kappa shape index (κ2) is 8.59. The highest BCUT2D eigenvalue weighted by Crippen LogP contribution is 2.22. The molecule has 8 nitrogen and oxygen atoms in total. The summed E-state index contributed by atoms with van der Waals surface area (Å²) in [7, 11) is -3.13. The zero-order valence-electron chi connectivity index (χ0n) is 15.1. The zero-order chi connectivity index (χ0) is 18.4. The highest BCUT2D eigenvalue weighted by Gasteiger charge is 2.14. The van der Waals surface area contributed by atoms with Crippen LogP contribution >= 0.6 is 0 Å². The van der Waals surface area contributed by atoms with Gasteiger partial charge < -0.3 is 15.0 Å². The van der Waals surface area contributed by atoms with Crippen molar-refractivity contribution in [2.75, 3.05) is 24.6 Å². The summed E-state index contributed by atoms with van der Waals surface area (Å²) in [6.45, 7) is 7.63. The van der Waals surface area contributed by atoms with Crippen LogP contribution in [0, 0.1) is 6.92 Å². The van der Waals surface area contributed by atoms with E-state index < -0.39 is 10.0 Å². The van der Waals surface area contributed by atoms with Crippen molar-refractivity contribution in [2.24, 2.45) is 0 Å². The maximum Gasteiger partial charge on any atom is 0.211 e. The quantitative estimate of drug-likeness (QED) is 0.615. The number of hydrogen-bond acceptors (Lipinski definition) is 6. The summed E-state index contributed by atoms with van der Waals surface area (Å²) < 4.78 is 33.1. The first-order valence-corrected chi connectivity index (χ1v) is 10.2. The van der Waals surface area contributed by atoms with Crippen molar-refractivity contribution in [1.82, 2.24) is 19.3 Å². The van der Waals surface area contributed by atoms with Crippen molar-refractivity contribution in [1.29, 1.82) is 0 Å². The Bertz CT molecular complexity index is 817. The molecule has 140 valence electrons. The Kier molecular flexibility index (Phi) is 6.74. The molecule has 2 aromatic heterocycles. The molecule has 9 heteroatoms. The first-order valence-electron chi connectivity index (χ1n) is 8.55. The number of nitrogens with two attached hydrogens (primary N) is 1. The largest absolute Gasteiger partial charge is 0.382 e. The average Bonchev–Trinajstić information content (AvgIpc) is 2.90. The minimum atomic E-state index is -3.13. The number of nitrogens with one attached hydrogen (secondary N) is 1. The number of imidazole rings is 1. The number of nitrogen functional groups attached to an aromatic ring is 1. The van der Waals surface area contributed by atoms with Crippen LogP contribution in [-0.4, -0.2) is 41.9 Å². The fraction of sp³-hybridized carbons (Fsp3) is 0.625. The van der Waals surface area contributed by atoms with Crippen molar-refractivity contribution in [3.63, 3.8) is 0 Å². The summed E-state index contributed by atoms with van der Waals surface area (Å²) in [6, 6.07) is 1.97. The number of aryl methyl sites for hydroxylation is 2. The van der Waals surface area contributed by atoms with Gasteiger partial charge in [0.2, 0.25) is 10.0 Å². The van der Waals surface area contributed by atoms with Crippen LogP contribution in [0.5, 0.6) is 0 Å². The Morgan fingerprint density at radius 2 is 2.04 bits per heavy atom. The molecule has 0 unspecified atom stereocenters. The third-order valence-corrected chi connectivity index (χ3v) is 5.32. The number of ether oxygens (including phenoxy) is 1. The van der Waals surface area contributed by atoms with Crippen molar-refractivity contribution in [3.8, 4) is 0 Å². The summed E-state index contributed by atoms with van der Waals surface area (Å²) in [6.07, 6.45) is 1.56. The first-order chi connectivity index (χ1) is 11.9. The molecule has 0 atom stereocenters. The molecule has 0 radical (unpaired) electrons. The fourth-order valence-corrected chi connectivity index (χ4v) is 3.26. The van der Waals surface area contributed by atoms with E-state index in [9.17, 15) is 8.42 Å². The van der Waals surface area contributed by atoms with E-state index in [2.05, 4.69) is 19.3 Å². The van der Waals surface area contributed by atoms with E-state index in [4.69, 9.17) is 10.5 Å². The maximum absolute atomic E-state index is 11.4. The molecule has 0 aliphatic rings. The lowest BCUT2D eigenvalue weighted by Crippen LogP contribution is -2.26. The normalized spacial score (nSPS) is 12.1. The maximum atomic E-state index is 11.4. The molecular formula is C16H27N5O3S. The Morgan fingerprint density at radius 3 is 2.72 bits per heavy atom. The lowest BCUT2D eigenvalue weighted by atomic mass is 10.3. The summed E-state index contributed by atoms with van der Waals surface area (Å²) in [5, 5.41) is 0. The molecule has 2 heterocycles. The van der Waals surface area contributed by atoms with Crippen molar-refractivity contribution < 1.29 is 13.2 Å². The molecule has 0 saturated heterocycles. The van der Waals surface area contributed by atoms with Crippen molar-refractivity contribution in [3.05, 3.63) is 17.6 Å². The van der Waals surface area contributed by atoms with Crippen LogP contribution in [0.15, 0.2) is 6.07 Å². The summed E-state index contributed by atoms with van der Waals surface area (Å²) in [4.78, 5) is 8.85. The summed E-state index contributed by atoms with van der Waals surface area (Å²) >= 11 is 0. The van der Waals surface area contributed by atoms with Gasteiger partial charge in [-0.2, -0.15) is 0 Å². The van der Waals surface area contributed by atoms with E-state index in [-0.39, 0.29) is 5.75 Å². The Morgan fingerprint density at radius 1 is 1.28 bits per heavy atom. The molecular weight excluding hydrogens is 342 g/mol. The van der Waals surface area contributed by atoms with Crippen LogP contribution in [0.25, 0.3) is 11.0 Å².